The lowest BCUT2D eigenvalue weighted by Gasteiger charge is -2.41. The predicted molar refractivity (Wildman–Crippen MR) is 110 cm³/mol. The van der Waals surface area contributed by atoms with Crippen molar-refractivity contribution in [3.8, 4) is 11.3 Å². The number of hydrogen-bond donors (Lipinski definition) is 3. The number of ether oxygens (including phenoxy) is 1. The highest BCUT2D eigenvalue weighted by molar-refractivity contribution is 9.10. The maximum Gasteiger partial charge on any atom is 0.159 e. The van der Waals surface area contributed by atoms with E-state index in [0.29, 0.717) is 4.90 Å². The second-order valence-corrected chi connectivity index (χ2v) is 8.95. The van der Waals surface area contributed by atoms with Gasteiger partial charge in [-0.15, -0.1) is 5.10 Å². The van der Waals surface area contributed by atoms with Gasteiger partial charge in [0.05, 0.1) is 12.8 Å². The van der Waals surface area contributed by atoms with Crippen molar-refractivity contribution >= 4 is 27.7 Å². The molecule has 1 aromatic carbocycles. The zero-order chi connectivity index (χ0) is 22.1. The number of pyridine rings is 1. The first-order valence-electron chi connectivity index (χ1n) is 9.14. The fourth-order valence-electron chi connectivity index (χ4n) is 3.28. The van der Waals surface area contributed by atoms with Crippen LogP contribution in [0.3, 0.4) is 0 Å². The molecule has 164 valence electrons. The Morgan fingerprint density at radius 3 is 2.65 bits per heavy atom. The Morgan fingerprint density at radius 1 is 1.13 bits per heavy atom. The van der Waals surface area contributed by atoms with Gasteiger partial charge in [-0.2, -0.15) is 0 Å². The van der Waals surface area contributed by atoms with Crippen LogP contribution in [0.25, 0.3) is 11.3 Å². The van der Waals surface area contributed by atoms with Gasteiger partial charge in [0.25, 0.3) is 0 Å². The van der Waals surface area contributed by atoms with Gasteiger partial charge in [0.2, 0.25) is 0 Å². The van der Waals surface area contributed by atoms with Gasteiger partial charge in [-0.3, -0.25) is 4.98 Å². The van der Waals surface area contributed by atoms with Crippen molar-refractivity contribution in [1.29, 1.82) is 0 Å². The Hall–Kier alpha value is -1.96. The molecule has 3 aromatic rings. The van der Waals surface area contributed by atoms with Crippen LogP contribution in [0.15, 0.2) is 52.2 Å². The SMILES string of the molecule is OCC1O[C@H](Sc2cncc(Br)c2)[C@@H](O)C(n2cc(-c3ccc(F)c(F)c3)nn2)[C@H]1O. The van der Waals surface area contributed by atoms with Gasteiger partial charge >= 0.3 is 0 Å². The molecule has 0 radical (unpaired) electrons. The standard InChI is InChI=1S/C19H17BrF2N4O4S/c20-10-4-11(6-23-5-10)31-19-18(29)16(17(28)15(8-27)30-19)26-7-14(24-25-26)9-1-2-12(21)13(22)3-9/h1-7,15-19,27-29H,8H2/t15?,16?,17-,18-,19+/m0/s1. The van der Waals surface area contributed by atoms with Crippen LogP contribution in [0, 0.1) is 11.6 Å². The van der Waals surface area contributed by atoms with Crippen LogP contribution in [0.5, 0.6) is 0 Å². The van der Waals surface area contributed by atoms with Crippen LogP contribution in [0.4, 0.5) is 8.78 Å². The van der Waals surface area contributed by atoms with Crippen LogP contribution in [0.1, 0.15) is 6.04 Å². The Kier molecular flexibility index (Phi) is 6.65. The number of aliphatic hydroxyl groups is 3. The maximum absolute atomic E-state index is 13.6. The highest BCUT2D eigenvalue weighted by Gasteiger charge is 2.46. The lowest BCUT2D eigenvalue weighted by molar-refractivity contribution is -0.178. The summed E-state index contributed by atoms with van der Waals surface area (Å²) in [5.74, 6) is -2.02. The van der Waals surface area contributed by atoms with E-state index in [-0.39, 0.29) is 11.3 Å². The number of aromatic nitrogens is 4. The van der Waals surface area contributed by atoms with Gasteiger partial charge in [0.15, 0.2) is 11.6 Å². The maximum atomic E-state index is 13.6. The van der Waals surface area contributed by atoms with Crippen molar-refractivity contribution in [3.63, 3.8) is 0 Å². The Bertz CT molecular complexity index is 1070. The van der Waals surface area contributed by atoms with Crippen molar-refractivity contribution in [2.75, 3.05) is 6.61 Å². The molecule has 8 nitrogen and oxygen atoms in total. The fourth-order valence-corrected chi connectivity index (χ4v) is 4.88. The first kappa shape index (κ1) is 22.2. The average molecular weight is 515 g/mol. The first-order chi connectivity index (χ1) is 14.9. The second-order valence-electron chi connectivity index (χ2n) is 6.87. The van der Waals surface area contributed by atoms with Gasteiger partial charge in [0, 0.05) is 27.3 Å². The zero-order valence-electron chi connectivity index (χ0n) is 15.7. The third-order valence-electron chi connectivity index (χ3n) is 4.81. The highest BCUT2D eigenvalue weighted by Crippen LogP contribution is 2.38. The van der Waals surface area contributed by atoms with Crippen LogP contribution < -0.4 is 0 Å². The minimum absolute atomic E-state index is 0.228. The van der Waals surface area contributed by atoms with E-state index in [9.17, 15) is 24.1 Å². The zero-order valence-corrected chi connectivity index (χ0v) is 18.1. The molecule has 0 amide bonds. The molecule has 0 aliphatic carbocycles. The van der Waals surface area contributed by atoms with Crippen molar-refractivity contribution < 1.29 is 28.8 Å². The third-order valence-corrected chi connectivity index (χ3v) is 6.36. The topological polar surface area (TPSA) is 114 Å². The molecule has 2 unspecified atom stereocenters. The fraction of sp³-hybridized carbons (Fsp3) is 0.316. The average Bonchev–Trinajstić information content (AvgIpc) is 3.22. The van der Waals surface area contributed by atoms with E-state index in [2.05, 4.69) is 31.2 Å². The van der Waals surface area contributed by atoms with E-state index in [1.165, 1.54) is 28.7 Å². The van der Waals surface area contributed by atoms with E-state index in [0.717, 1.165) is 16.6 Å². The first-order valence-corrected chi connectivity index (χ1v) is 10.8. The smallest absolute Gasteiger partial charge is 0.159 e. The molecule has 1 aliphatic rings. The molecule has 1 saturated heterocycles. The summed E-state index contributed by atoms with van der Waals surface area (Å²) in [5.41, 5.74) is -0.339. The van der Waals surface area contributed by atoms with Gasteiger partial charge in [-0.1, -0.05) is 17.0 Å². The minimum atomic E-state index is -1.29. The Balaban J connectivity index is 1.62. The molecule has 2 aromatic heterocycles. The van der Waals surface area contributed by atoms with E-state index >= 15 is 0 Å². The summed E-state index contributed by atoms with van der Waals surface area (Å²) in [4.78, 5) is 4.77. The highest BCUT2D eigenvalue weighted by atomic mass is 79.9. The van der Waals surface area contributed by atoms with E-state index in [4.69, 9.17) is 4.74 Å². The number of benzene rings is 1. The summed E-state index contributed by atoms with van der Waals surface area (Å²) < 4.78 is 34.5. The number of aliphatic hydroxyl groups excluding tert-OH is 3. The summed E-state index contributed by atoms with van der Waals surface area (Å²) in [6.45, 7) is -0.483. The molecular weight excluding hydrogens is 498 g/mol. The molecule has 1 fully saturated rings. The van der Waals surface area contributed by atoms with Gasteiger partial charge < -0.3 is 20.1 Å². The van der Waals surface area contributed by atoms with Crippen molar-refractivity contribution in [3.05, 3.63) is 59.0 Å². The summed E-state index contributed by atoms with van der Waals surface area (Å²) in [7, 11) is 0. The Labute approximate surface area is 188 Å². The summed E-state index contributed by atoms with van der Waals surface area (Å²) in [6, 6.07) is 4.09. The lowest BCUT2D eigenvalue weighted by atomic mass is 9.97. The number of nitrogens with zero attached hydrogens (tertiary/aromatic N) is 4. The molecule has 3 N–H and O–H groups in total. The lowest BCUT2D eigenvalue weighted by Crippen LogP contribution is -2.55. The van der Waals surface area contributed by atoms with E-state index in [1.807, 2.05) is 0 Å². The monoisotopic (exact) mass is 514 g/mol. The Morgan fingerprint density at radius 2 is 1.94 bits per heavy atom. The molecule has 12 heteroatoms. The van der Waals surface area contributed by atoms with Crippen molar-refractivity contribution in [2.24, 2.45) is 0 Å². The largest absolute Gasteiger partial charge is 0.394 e. The predicted octanol–water partition coefficient (Wildman–Crippen LogP) is 2.15. The van der Waals surface area contributed by atoms with E-state index in [1.54, 1.807) is 18.5 Å². The quantitative estimate of drug-likeness (QED) is 0.474. The van der Waals surface area contributed by atoms with Gasteiger partial charge in [0.1, 0.15) is 35.5 Å². The molecular formula is C19H17BrF2N4O4S. The van der Waals surface area contributed by atoms with Gasteiger partial charge in [-0.25, -0.2) is 13.5 Å². The molecule has 5 atom stereocenters. The summed E-state index contributed by atoms with van der Waals surface area (Å²) in [6.07, 6.45) is 1.10. The molecule has 1 aliphatic heterocycles. The number of rotatable bonds is 5. The number of hydrogen-bond acceptors (Lipinski definition) is 8. The van der Waals surface area contributed by atoms with Crippen LogP contribution in [-0.4, -0.2) is 65.7 Å². The van der Waals surface area contributed by atoms with Gasteiger partial charge in [-0.05, 0) is 40.2 Å². The molecule has 4 rings (SSSR count). The summed E-state index contributed by atoms with van der Waals surface area (Å²) >= 11 is 4.50. The van der Waals surface area contributed by atoms with Crippen molar-refractivity contribution in [1.82, 2.24) is 20.0 Å². The third kappa shape index (κ3) is 4.64. The molecule has 0 saturated carbocycles. The van der Waals surface area contributed by atoms with Crippen LogP contribution in [0.2, 0.25) is 0 Å². The summed E-state index contributed by atoms with van der Waals surface area (Å²) in [5, 5.41) is 39.2. The second kappa shape index (κ2) is 9.27. The van der Waals surface area contributed by atoms with Crippen molar-refractivity contribution in [2.45, 2.75) is 34.7 Å². The number of halogens is 3. The normalized spacial score (nSPS) is 26.2. The van der Waals surface area contributed by atoms with Crippen LogP contribution in [-0.2, 0) is 4.74 Å². The molecule has 31 heavy (non-hydrogen) atoms. The molecule has 0 spiro atoms. The minimum Gasteiger partial charge on any atom is -0.394 e. The number of thioether (sulfide) groups is 1. The van der Waals surface area contributed by atoms with Crippen LogP contribution >= 0.6 is 27.7 Å². The molecule has 3 heterocycles. The van der Waals surface area contributed by atoms with E-state index < -0.39 is 48.0 Å². The molecule has 0 bridgehead atoms.